The van der Waals surface area contributed by atoms with Gasteiger partial charge in [-0.05, 0) is 48.3 Å². The van der Waals surface area contributed by atoms with Gasteiger partial charge in [-0.1, -0.05) is 66.2 Å². The molecule has 0 aliphatic rings. The van der Waals surface area contributed by atoms with Crippen LogP contribution in [-0.2, 0) is 0 Å². The number of benzene rings is 2. The zero-order valence-electron chi connectivity index (χ0n) is 20.2. The van der Waals surface area contributed by atoms with E-state index in [0.29, 0.717) is 36.2 Å². The topological polar surface area (TPSA) is 66.0 Å². The monoisotopic (exact) mass is 434 g/mol. The number of nitriles is 2. The van der Waals surface area contributed by atoms with E-state index in [9.17, 15) is 10.5 Å². The first-order chi connectivity index (χ1) is 15.6. The van der Waals surface area contributed by atoms with E-state index in [4.69, 9.17) is 9.47 Å². The summed E-state index contributed by atoms with van der Waals surface area (Å²) in [6.07, 6.45) is 9.28. The highest BCUT2D eigenvalue weighted by Gasteiger charge is 2.15. The lowest BCUT2D eigenvalue weighted by atomic mass is 9.99. The van der Waals surface area contributed by atoms with Crippen LogP contribution < -0.4 is 9.47 Å². The normalized spacial score (nSPS) is 12.7. The fraction of sp³-hybridized carbons (Fsp3) is 0.571. The lowest BCUT2D eigenvalue weighted by Gasteiger charge is -2.19. The molecule has 32 heavy (non-hydrogen) atoms. The van der Waals surface area contributed by atoms with E-state index in [-0.39, 0.29) is 0 Å². The van der Waals surface area contributed by atoms with Crippen molar-refractivity contribution in [2.45, 2.75) is 79.1 Å². The van der Waals surface area contributed by atoms with E-state index in [1.54, 1.807) is 12.1 Å². The Morgan fingerprint density at radius 1 is 0.750 bits per heavy atom. The summed E-state index contributed by atoms with van der Waals surface area (Å²) < 4.78 is 12.5. The van der Waals surface area contributed by atoms with Gasteiger partial charge in [-0.15, -0.1) is 0 Å². The van der Waals surface area contributed by atoms with Crippen molar-refractivity contribution in [2.75, 3.05) is 13.2 Å². The van der Waals surface area contributed by atoms with Gasteiger partial charge in [-0.2, -0.15) is 10.5 Å². The Balaban J connectivity index is 2.35. The molecule has 0 fully saturated rings. The van der Waals surface area contributed by atoms with Crippen molar-refractivity contribution in [1.29, 1.82) is 10.5 Å². The molecule has 0 aromatic heterocycles. The van der Waals surface area contributed by atoms with E-state index in [0.717, 1.165) is 41.5 Å². The molecule has 0 heterocycles. The van der Waals surface area contributed by atoms with E-state index >= 15 is 0 Å². The van der Waals surface area contributed by atoms with Gasteiger partial charge >= 0.3 is 0 Å². The van der Waals surface area contributed by atoms with Crippen LogP contribution in [0.1, 0.15) is 90.2 Å². The SMILES string of the molecule is CCCCC(CC)COc1cc(OCC(CC)CCCC)c2cc(C#N)c(C#N)cc2c1. The Kier molecular flexibility index (Phi) is 10.9. The van der Waals surface area contributed by atoms with Gasteiger partial charge in [0.15, 0.2) is 0 Å². The fourth-order valence-electron chi connectivity index (χ4n) is 3.96. The van der Waals surface area contributed by atoms with Gasteiger partial charge in [-0.3, -0.25) is 0 Å². The van der Waals surface area contributed by atoms with Gasteiger partial charge in [0, 0.05) is 11.5 Å². The van der Waals surface area contributed by atoms with Crippen molar-refractivity contribution in [3.05, 3.63) is 35.4 Å². The maximum absolute atomic E-state index is 9.48. The summed E-state index contributed by atoms with van der Waals surface area (Å²) in [5, 5.41) is 20.7. The van der Waals surface area contributed by atoms with Gasteiger partial charge < -0.3 is 9.47 Å². The Morgan fingerprint density at radius 2 is 1.31 bits per heavy atom. The van der Waals surface area contributed by atoms with E-state index in [1.807, 2.05) is 12.1 Å². The highest BCUT2D eigenvalue weighted by molar-refractivity contribution is 5.92. The molecule has 0 saturated heterocycles. The molecule has 4 nitrogen and oxygen atoms in total. The minimum atomic E-state index is 0.377. The smallest absolute Gasteiger partial charge is 0.130 e. The predicted molar refractivity (Wildman–Crippen MR) is 131 cm³/mol. The van der Waals surface area contributed by atoms with Crippen molar-refractivity contribution in [2.24, 2.45) is 11.8 Å². The molecule has 2 aromatic rings. The first-order valence-electron chi connectivity index (χ1n) is 12.3. The second kappa shape index (κ2) is 13.6. The first kappa shape index (κ1) is 25.5. The summed E-state index contributed by atoms with van der Waals surface area (Å²) >= 11 is 0. The summed E-state index contributed by atoms with van der Waals surface area (Å²) in [6.45, 7) is 10.2. The Hall–Kier alpha value is -2.72. The van der Waals surface area contributed by atoms with E-state index < -0.39 is 0 Å². The third-order valence-corrected chi connectivity index (χ3v) is 6.31. The number of ether oxygens (including phenoxy) is 2. The molecular weight excluding hydrogens is 396 g/mol. The standard InChI is InChI=1S/C28H38N2O2/c1-5-9-11-21(7-3)19-31-26-14-23-13-24(17-29)25(18-30)15-27(23)28(16-26)32-20-22(8-4)12-10-6-2/h13-16,21-22H,5-12,19-20H2,1-4H3. The van der Waals surface area contributed by atoms with Gasteiger partial charge in [0.2, 0.25) is 0 Å². The predicted octanol–water partition coefficient (Wildman–Crippen LogP) is 7.77. The zero-order chi connectivity index (χ0) is 23.3. The molecule has 0 aliphatic heterocycles. The van der Waals surface area contributed by atoms with Crippen LogP contribution in [0.2, 0.25) is 0 Å². The van der Waals surface area contributed by atoms with Crippen molar-refractivity contribution in [1.82, 2.24) is 0 Å². The van der Waals surface area contributed by atoms with Gasteiger partial charge in [-0.25, -0.2) is 0 Å². The first-order valence-corrected chi connectivity index (χ1v) is 12.3. The Labute approximate surface area is 194 Å². The van der Waals surface area contributed by atoms with Gasteiger partial charge in [0.1, 0.15) is 23.6 Å². The molecular formula is C28H38N2O2. The maximum Gasteiger partial charge on any atom is 0.130 e. The van der Waals surface area contributed by atoms with Crippen LogP contribution >= 0.6 is 0 Å². The third-order valence-electron chi connectivity index (χ3n) is 6.31. The second-order valence-corrected chi connectivity index (χ2v) is 8.72. The molecule has 0 radical (unpaired) electrons. The molecule has 2 atom stereocenters. The highest BCUT2D eigenvalue weighted by atomic mass is 16.5. The summed E-state index contributed by atoms with van der Waals surface area (Å²) in [6, 6.07) is 11.7. The molecule has 2 rings (SSSR count). The van der Waals surface area contributed by atoms with Crippen LogP contribution in [0.15, 0.2) is 24.3 Å². The minimum absolute atomic E-state index is 0.377. The number of fused-ring (bicyclic) bond motifs is 1. The summed E-state index contributed by atoms with van der Waals surface area (Å²) in [5.41, 5.74) is 0.758. The number of hydrogen-bond acceptors (Lipinski definition) is 4. The lowest BCUT2D eigenvalue weighted by Crippen LogP contribution is -2.13. The zero-order valence-corrected chi connectivity index (χ0v) is 20.2. The lowest BCUT2D eigenvalue weighted by molar-refractivity contribution is 0.224. The third kappa shape index (κ3) is 7.16. The average molecular weight is 435 g/mol. The fourth-order valence-corrected chi connectivity index (χ4v) is 3.96. The van der Waals surface area contributed by atoms with Crippen LogP contribution in [0.5, 0.6) is 11.5 Å². The molecule has 0 bridgehead atoms. The largest absolute Gasteiger partial charge is 0.493 e. The molecule has 4 heteroatoms. The van der Waals surface area contributed by atoms with Gasteiger partial charge in [0.25, 0.3) is 0 Å². The van der Waals surface area contributed by atoms with Crippen molar-refractivity contribution >= 4 is 10.8 Å². The van der Waals surface area contributed by atoms with Crippen LogP contribution in [0.25, 0.3) is 10.8 Å². The van der Waals surface area contributed by atoms with Gasteiger partial charge in [0.05, 0.1) is 24.3 Å². The van der Waals surface area contributed by atoms with Crippen LogP contribution in [-0.4, -0.2) is 13.2 Å². The molecule has 2 unspecified atom stereocenters. The van der Waals surface area contributed by atoms with E-state index in [1.165, 1.54) is 32.1 Å². The van der Waals surface area contributed by atoms with Crippen LogP contribution in [0.4, 0.5) is 0 Å². The second-order valence-electron chi connectivity index (χ2n) is 8.72. The summed E-state index contributed by atoms with van der Waals surface area (Å²) in [4.78, 5) is 0. The molecule has 2 aromatic carbocycles. The number of nitrogens with zero attached hydrogens (tertiary/aromatic N) is 2. The Bertz CT molecular complexity index is 939. The van der Waals surface area contributed by atoms with Crippen LogP contribution in [0, 0.1) is 34.5 Å². The Morgan fingerprint density at radius 3 is 1.84 bits per heavy atom. The van der Waals surface area contributed by atoms with Crippen molar-refractivity contribution < 1.29 is 9.47 Å². The minimum Gasteiger partial charge on any atom is -0.493 e. The molecule has 0 aliphatic carbocycles. The molecule has 0 amide bonds. The molecule has 0 spiro atoms. The van der Waals surface area contributed by atoms with Crippen LogP contribution in [0.3, 0.4) is 0 Å². The number of rotatable bonds is 14. The summed E-state index contributed by atoms with van der Waals surface area (Å²) in [7, 11) is 0. The van der Waals surface area contributed by atoms with Crippen molar-refractivity contribution in [3.8, 4) is 23.6 Å². The van der Waals surface area contributed by atoms with Crippen molar-refractivity contribution in [3.63, 3.8) is 0 Å². The highest BCUT2D eigenvalue weighted by Crippen LogP contribution is 2.34. The van der Waals surface area contributed by atoms with E-state index in [2.05, 4.69) is 39.8 Å². The quantitative estimate of drug-likeness (QED) is 0.304. The molecule has 0 N–H and O–H groups in total. The molecule has 172 valence electrons. The maximum atomic E-state index is 9.48. The number of hydrogen-bond donors (Lipinski definition) is 0. The summed E-state index contributed by atoms with van der Waals surface area (Å²) in [5.74, 6) is 2.53. The molecule has 0 saturated carbocycles. The average Bonchev–Trinajstić information content (AvgIpc) is 2.83. The number of unbranched alkanes of at least 4 members (excludes halogenated alkanes) is 2.